The third-order valence-electron chi connectivity index (χ3n) is 5.15. The molecule has 5 heterocycles. The first-order valence-electron chi connectivity index (χ1n) is 9.12. The van der Waals surface area contributed by atoms with E-state index in [1.165, 1.54) is 17.9 Å². The average Bonchev–Trinajstić information content (AvgIpc) is 3.43. The van der Waals surface area contributed by atoms with E-state index in [0.717, 1.165) is 11.2 Å². The molecule has 29 heavy (non-hydrogen) atoms. The number of halogens is 2. The summed E-state index contributed by atoms with van der Waals surface area (Å²) in [6, 6.07) is 6.97. The lowest BCUT2D eigenvalue weighted by molar-refractivity contribution is 0.0675. The number of amides is 1. The third kappa shape index (κ3) is 2.79. The van der Waals surface area contributed by atoms with Crippen molar-refractivity contribution in [2.45, 2.75) is 18.9 Å². The van der Waals surface area contributed by atoms with Crippen LogP contribution in [0.1, 0.15) is 45.6 Å². The van der Waals surface area contributed by atoms with Gasteiger partial charge in [-0.05, 0) is 18.2 Å². The van der Waals surface area contributed by atoms with Gasteiger partial charge < -0.3 is 9.88 Å². The lowest BCUT2D eigenvalue weighted by Gasteiger charge is -2.33. The number of H-pyrrole nitrogens is 1. The second-order valence-electron chi connectivity index (χ2n) is 6.96. The predicted molar refractivity (Wildman–Crippen MR) is 98.5 cm³/mol. The van der Waals surface area contributed by atoms with Crippen LogP contribution in [0.2, 0.25) is 0 Å². The first-order valence-corrected chi connectivity index (χ1v) is 9.12. The van der Waals surface area contributed by atoms with Gasteiger partial charge in [0.05, 0.1) is 28.8 Å². The summed E-state index contributed by atoms with van der Waals surface area (Å²) in [6.07, 6.45) is 2.44. The van der Waals surface area contributed by atoms with E-state index in [-0.39, 0.29) is 5.56 Å². The molecule has 1 aliphatic heterocycles. The lowest BCUT2D eigenvalue weighted by atomic mass is 9.98. The first-order chi connectivity index (χ1) is 14.0. The maximum absolute atomic E-state index is 13.4. The number of carbonyl (C=O) groups excluding carboxylic acids is 1. The Morgan fingerprint density at radius 3 is 2.97 bits per heavy atom. The number of aromatic nitrogens is 6. The molecule has 0 fully saturated rings. The molecule has 10 heteroatoms. The van der Waals surface area contributed by atoms with E-state index in [0.29, 0.717) is 24.4 Å². The summed E-state index contributed by atoms with van der Waals surface area (Å²) in [4.78, 5) is 22.4. The number of aromatic amines is 1. The fourth-order valence-electron chi connectivity index (χ4n) is 3.87. The molecule has 1 aliphatic rings. The highest BCUT2D eigenvalue weighted by Gasteiger charge is 2.38. The van der Waals surface area contributed by atoms with Crippen molar-refractivity contribution in [2.24, 2.45) is 7.05 Å². The van der Waals surface area contributed by atoms with Crippen molar-refractivity contribution in [1.29, 1.82) is 0 Å². The van der Waals surface area contributed by atoms with Crippen molar-refractivity contribution < 1.29 is 13.6 Å². The molecule has 0 unspecified atom stereocenters. The summed E-state index contributed by atoms with van der Waals surface area (Å²) in [5.41, 5.74) is 2.47. The first kappa shape index (κ1) is 17.5. The van der Waals surface area contributed by atoms with Crippen molar-refractivity contribution in [1.82, 2.24) is 34.3 Å². The van der Waals surface area contributed by atoms with E-state index >= 15 is 0 Å². The minimum Gasteiger partial charge on any atom is -0.348 e. The van der Waals surface area contributed by atoms with Crippen LogP contribution < -0.4 is 0 Å². The topological polar surface area (TPSA) is 84.1 Å². The molecule has 148 valence electrons. The van der Waals surface area contributed by atoms with Gasteiger partial charge in [-0.1, -0.05) is 6.07 Å². The molecule has 4 aromatic heterocycles. The number of imidazole rings is 1. The van der Waals surface area contributed by atoms with E-state index in [2.05, 4.69) is 20.2 Å². The van der Waals surface area contributed by atoms with Crippen LogP contribution in [0, 0.1) is 0 Å². The van der Waals surface area contributed by atoms with E-state index in [1.54, 1.807) is 15.7 Å². The molecule has 0 saturated carbocycles. The van der Waals surface area contributed by atoms with Crippen LogP contribution in [0.4, 0.5) is 8.78 Å². The Balaban J connectivity index is 1.62. The molecule has 0 saturated heterocycles. The molecule has 0 spiro atoms. The van der Waals surface area contributed by atoms with Gasteiger partial charge in [0.1, 0.15) is 11.7 Å². The molecule has 4 aromatic rings. The highest BCUT2D eigenvalue weighted by Crippen LogP contribution is 2.35. The minimum atomic E-state index is -2.84. The predicted octanol–water partition coefficient (Wildman–Crippen LogP) is 2.52. The van der Waals surface area contributed by atoms with Crippen molar-refractivity contribution in [2.75, 3.05) is 6.54 Å². The van der Waals surface area contributed by atoms with Gasteiger partial charge in [0, 0.05) is 38.1 Å². The van der Waals surface area contributed by atoms with E-state index in [1.807, 2.05) is 30.5 Å². The average molecular weight is 397 g/mol. The number of hydrogen-bond donors (Lipinski definition) is 1. The molecule has 1 atom stereocenters. The number of carbonyl (C=O) groups is 1. The molecule has 1 N–H and O–H groups in total. The monoisotopic (exact) mass is 397 g/mol. The Bertz CT molecular complexity index is 1180. The van der Waals surface area contributed by atoms with Gasteiger partial charge in [-0.3, -0.25) is 9.48 Å². The van der Waals surface area contributed by atoms with Crippen molar-refractivity contribution in [3.63, 3.8) is 0 Å². The number of rotatable bonds is 3. The summed E-state index contributed by atoms with van der Waals surface area (Å²) in [5.74, 6) is -0.510. The highest BCUT2D eigenvalue weighted by atomic mass is 19.3. The SMILES string of the molecule is Cn1cc(C(=O)N2CCc3[nH]cnc3[C@H]2c2cc3ccccn3n2)c(C(F)F)n1. The Morgan fingerprint density at radius 1 is 1.31 bits per heavy atom. The maximum atomic E-state index is 13.4. The molecule has 1 amide bonds. The molecule has 5 rings (SSSR count). The number of hydrogen-bond acceptors (Lipinski definition) is 4. The van der Waals surface area contributed by atoms with Crippen LogP contribution in [-0.2, 0) is 13.5 Å². The molecule has 0 aliphatic carbocycles. The smallest absolute Gasteiger partial charge is 0.282 e. The van der Waals surface area contributed by atoms with Crippen LogP contribution in [0.5, 0.6) is 0 Å². The normalized spacial score (nSPS) is 16.6. The zero-order chi connectivity index (χ0) is 20.1. The van der Waals surface area contributed by atoms with Crippen LogP contribution in [0.3, 0.4) is 0 Å². The number of pyridine rings is 1. The number of nitrogens with zero attached hydrogens (tertiary/aromatic N) is 6. The summed E-state index contributed by atoms with van der Waals surface area (Å²) in [6.45, 7) is 0.351. The van der Waals surface area contributed by atoms with Crippen LogP contribution in [0.15, 0.2) is 43.0 Å². The maximum Gasteiger partial charge on any atom is 0.282 e. The molecular weight excluding hydrogens is 380 g/mol. The van der Waals surface area contributed by atoms with Gasteiger partial charge in [0.25, 0.3) is 12.3 Å². The van der Waals surface area contributed by atoms with Crippen molar-refractivity contribution >= 4 is 11.4 Å². The number of fused-ring (bicyclic) bond motifs is 2. The Kier molecular flexibility index (Phi) is 3.93. The highest BCUT2D eigenvalue weighted by molar-refractivity contribution is 5.96. The van der Waals surface area contributed by atoms with Gasteiger partial charge in [-0.25, -0.2) is 18.3 Å². The van der Waals surface area contributed by atoms with E-state index < -0.39 is 24.1 Å². The fourth-order valence-corrected chi connectivity index (χ4v) is 3.87. The number of aryl methyl sites for hydroxylation is 1. The Labute approximate surface area is 163 Å². The van der Waals surface area contributed by atoms with Crippen LogP contribution in [-0.4, -0.2) is 46.7 Å². The lowest BCUT2D eigenvalue weighted by Crippen LogP contribution is -2.41. The standard InChI is InChI=1S/C19H17F2N7O/c1-26-9-12(15(25-26)18(20)21)19(29)27-7-5-13-16(23-10-22-13)17(27)14-8-11-4-2-3-6-28(11)24-14/h2-4,6,8-10,17-18H,5,7H2,1H3,(H,22,23)/t17-/m1/s1. The summed E-state index contributed by atoms with van der Waals surface area (Å²) >= 11 is 0. The third-order valence-corrected chi connectivity index (χ3v) is 5.15. The van der Waals surface area contributed by atoms with E-state index in [4.69, 9.17) is 0 Å². The quantitative estimate of drug-likeness (QED) is 0.576. The summed E-state index contributed by atoms with van der Waals surface area (Å²) < 4.78 is 29.8. The van der Waals surface area contributed by atoms with Gasteiger partial charge in [0.2, 0.25) is 0 Å². The zero-order valence-corrected chi connectivity index (χ0v) is 15.5. The molecule has 0 aromatic carbocycles. The molecule has 8 nitrogen and oxygen atoms in total. The van der Waals surface area contributed by atoms with Gasteiger partial charge >= 0.3 is 0 Å². The van der Waals surface area contributed by atoms with Gasteiger partial charge in [-0.2, -0.15) is 10.2 Å². The minimum absolute atomic E-state index is 0.102. The largest absolute Gasteiger partial charge is 0.348 e. The van der Waals surface area contributed by atoms with Crippen molar-refractivity contribution in [3.05, 3.63) is 71.3 Å². The van der Waals surface area contributed by atoms with Crippen molar-refractivity contribution in [3.8, 4) is 0 Å². The van der Waals surface area contributed by atoms with Gasteiger partial charge in [-0.15, -0.1) is 0 Å². The van der Waals surface area contributed by atoms with Crippen LogP contribution >= 0.6 is 0 Å². The fraction of sp³-hybridized carbons (Fsp3) is 0.263. The second-order valence-corrected chi connectivity index (χ2v) is 6.96. The molecule has 0 bridgehead atoms. The zero-order valence-electron chi connectivity index (χ0n) is 15.5. The summed E-state index contributed by atoms with van der Waals surface area (Å²) in [5, 5.41) is 8.37. The van der Waals surface area contributed by atoms with Crippen LogP contribution in [0.25, 0.3) is 5.52 Å². The molecular formula is C19H17F2N7O. The van der Waals surface area contributed by atoms with E-state index in [9.17, 15) is 13.6 Å². The van der Waals surface area contributed by atoms with Gasteiger partial charge in [0.15, 0.2) is 0 Å². The number of alkyl halides is 2. The Morgan fingerprint density at radius 2 is 2.17 bits per heavy atom. The Hall–Kier alpha value is -3.56. The second kappa shape index (κ2) is 6.50. The number of nitrogens with one attached hydrogen (secondary N) is 1. The summed E-state index contributed by atoms with van der Waals surface area (Å²) in [7, 11) is 1.52. The molecule has 0 radical (unpaired) electrons.